The van der Waals surface area contributed by atoms with Crippen LogP contribution in [0.2, 0.25) is 0 Å². The summed E-state index contributed by atoms with van der Waals surface area (Å²) in [6.07, 6.45) is 7.73. The smallest absolute Gasteiger partial charge is 0.122 e. The summed E-state index contributed by atoms with van der Waals surface area (Å²) in [6.45, 7) is 4.50. The molecule has 1 aliphatic carbocycles. The number of hydrogen-bond donors (Lipinski definition) is 2. The Hall–Kier alpha value is -0.830. The molecule has 1 heterocycles. The van der Waals surface area contributed by atoms with Crippen molar-refractivity contribution >= 4 is 0 Å². The molecule has 78 valence electrons. The Labute approximate surface area is 85.3 Å². The molecule has 0 aromatic carbocycles. The Bertz CT molecular complexity index is 268. The van der Waals surface area contributed by atoms with Gasteiger partial charge in [0.1, 0.15) is 5.82 Å². The van der Waals surface area contributed by atoms with Crippen molar-refractivity contribution < 1.29 is 0 Å². The number of nitrogens with one attached hydrogen (secondary N) is 2. The van der Waals surface area contributed by atoms with Gasteiger partial charge < -0.3 is 10.3 Å². The molecule has 3 nitrogen and oxygen atoms in total. The Balaban J connectivity index is 1.91. The first-order chi connectivity index (χ1) is 6.77. The SMILES string of the molecule is CC(NC1CCCC1C)c1ncc[nH]1. The number of rotatable bonds is 3. The monoisotopic (exact) mass is 193 g/mol. The first-order valence-corrected chi connectivity index (χ1v) is 5.52. The summed E-state index contributed by atoms with van der Waals surface area (Å²) < 4.78 is 0. The summed E-state index contributed by atoms with van der Waals surface area (Å²) in [5.41, 5.74) is 0. The first-order valence-electron chi connectivity index (χ1n) is 5.52. The third-order valence-electron chi connectivity index (χ3n) is 3.26. The minimum Gasteiger partial charge on any atom is -0.347 e. The van der Waals surface area contributed by atoms with Gasteiger partial charge in [0.2, 0.25) is 0 Å². The highest BCUT2D eigenvalue weighted by atomic mass is 15.0. The minimum absolute atomic E-state index is 0.343. The van der Waals surface area contributed by atoms with E-state index in [-0.39, 0.29) is 0 Å². The summed E-state index contributed by atoms with van der Waals surface area (Å²) in [6, 6.07) is 1.02. The van der Waals surface area contributed by atoms with Crippen LogP contribution in [0.1, 0.15) is 45.0 Å². The number of nitrogens with zero attached hydrogens (tertiary/aromatic N) is 1. The molecule has 3 atom stereocenters. The standard InChI is InChI=1S/C11H19N3/c1-8-4-3-5-10(8)14-9(2)11-12-6-7-13-11/h6-10,14H,3-5H2,1-2H3,(H,12,13). The van der Waals surface area contributed by atoms with Crippen molar-refractivity contribution in [3.8, 4) is 0 Å². The fourth-order valence-corrected chi connectivity index (χ4v) is 2.31. The van der Waals surface area contributed by atoms with Crippen molar-refractivity contribution in [2.24, 2.45) is 5.92 Å². The highest BCUT2D eigenvalue weighted by Crippen LogP contribution is 2.26. The number of aromatic nitrogens is 2. The normalized spacial score (nSPS) is 29.3. The van der Waals surface area contributed by atoms with Gasteiger partial charge in [-0.3, -0.25) is 0 Å². The molecule has 2 rings (SSSR count). The Kier molecular flexibility index (Phi) is 2.87. The molecule has 14 heavy (non-hydrogen) atoms. The second-order valence-electron chi connectivity index (χ2n) is 4.38. The molecule has 1 saturated carbocycles. The fraction of sp³-hybridized carbons (Fsp3) is 0.727. The van der Waals surface area contributed by atoms with Crippen LogP contribution in [0.15, 0.2) is 12.4 Å². The highest BCUT2D eigenvalue weighted by molar-refractivity contribution is 4.95. The van der Waals surface area contributed by atoms with E-state index < -0.39 is 0 Å². The third-order valence-corrected chi connectivity index (χ3v) is 3.26. The molecule has 1 aromatic heterocycles. The van der Waals surface area contributed by atoms with E-state index in [0.29, 0.717) is 12.1 Å². The van der Waals surface area contributed by atoms with E-state index in [1.165, 1.54) is 19.3 Å². The van der Waals surface area contributed by atoms with Crippen LogP contribution in [0.3, 0.4) is 0 Å². The van der Waals surface area contributed by atoms with Gasteiger partial charge in [-0.05, 0) is 25.7 Å². The quantitative estimate of drug-likeness (QED) is 0.773. The second kappa shape index (κ2) is 4.13. The van der Waals surface area contributed by atoms with Crippen molar-refractivity contribution in [1.82, 2.24) is 15.3 Å². The molecule has 0 radical (unpaired) electrons. The summed E-state index contributed by atoms with van der Waals surface area (Å²) in [5.74, 6) is 1.86. The lowest BCUT2D eigenvalue weighted by Gasteiger charge is -2.21. The van der Waals surface area contributed by atoms with Gasteiger partial charge in [0.15, 0.2) is 0 Å². The zero-order valence-corrected chi connectivity index (χ0v) is 8.96. The van der Waals surface area contributed by atoms with Gasteiger partial charge in [-0.15, -0.1) is 0 Å². The average molecular weight is 193 g/mol. The zero-order valence-electron chi connectivity index (χ0n) is 8.96. The first kappa shape index (κ1) is 9.71. The van der Waals surface area contributed by atoms with E-state index in [2.05, 4.69) is 29.1 Å². The Morgan fingerprint density at radius 2 is 2.43 bits per heavy atom. The van der Waals surface area contributed by atoms with Gasteiger partial charge in [-0.1, -0.05) is 13.3 Å². The number of aromatic amines is 1. The van der Waals surface area contributed by atoms with Crippen LogP contribution in [0.4, 0.5) is 0 Å². The van der Waals surface area contributed by atoms with Gasteiger partial charge >= 0.3 is 0 Å². The van der Waals surface area contributed by atoms with E-state index in [1.54, 1.807) is 0 Å². The average Bonchev–Trinajstić information content (AvgIpc) is 2.77. The highest BCUT2D eigenvalue weighted by Gasteiger charge is 2.25. The Morgan fingerprint density at radius 1 is 1.57 bits per heavy atom. The van der Waals surface area contributed by atoms with E-state index in [4.69, 9.17) is 0 Å². The lowest BCUT2D eigenvalue weighted by atomic mass is 10.1. The number of H-pyrrole nitrogens is 1. The lowest BCUT2D eigenvalue weighted by Crippen LogP contribution is -2.33. The lowest BCUT2D eigenvalue weighted by molar-refractivity contribution is 0.381. The summed E-state index contributed by atoms with van der Waals surface area (Å²) >= 11 is 0. The van der Waals surface area contributed by atoms with Crippen LogP contribution in [-0.2, 0) is 0 Å². The van der Waals surface area contributed by atoms with E-state index in [1.807, 2.05) is 12.4 Å². The number of imidazole rings is 1. The molecule has 3 heteroatoms. The summed E-state index contributed by atoms with van der Waals surface area (Å²) in [5, 5.41) is 3.64. The van der Waals surface area contributed by atoms with Crippen molar-refractivity contribution in [3.05, 3.63) is 18.2 Å². The predicted molar refractivity (Wildman–Crippen MR) is 56.9 cm³/mol. The maximum absolute atomic E-state index is 4.27. The van der Waals surface area contributed by atoms with Crippen LogP contribution in [0.25, 0.3) is 0 Å². The topological polar surface area (TPSA) is 40.7 Å². The van der Waals surface area contributed by atoms with Gasteiger partial charge in [0, 0.05) is 18.4 Å². The van der Waals surface area contributed by atoms with Crippen LogP contribution in [0.5, 0.6) is 0 Å². The van der Waals surface area contributed by atoms with Crippen molar-refractivity contribution in [2.45, 2.75) is 45.2 Å². The van der Waals surface area contributed by atoms with Gasteiger partial charge in [-0.2, -0.15) is 0 Å². The summed E-state index contributed by atoms with van der Waals surface area (Å²) in [4.78, 5) is 7.42. The van der Waals surface area contributed by atoms with Crippen LogP contribution in [0, 0.1) is 5.92 Å². The molecule has 0 spiro atoms. The molecule has 0 aliphatic heterocycles. The maximum atomic E-state index is 4.27. The molecule has 1 aliphatic rings. The summed E-state index contributed by atoms with van der Waals surface area (Å²) in [7, 11) is 0. The molecule has 0 amide bonds. The van der Waals surface area contributed by atoms with Crippen LogP contribution >= 0.6 is 0 Å². The Morgan fingerprint density at radius 3 is 3.00 bits per heavy atom. The molecule has 1 fully saturated rings. The molecule has 2 N–H and O–H groups in total. The van der Waals surface area contributed by atoms with Gasteiger partial charge in [0.25, 0.3) is 0 Å². The molecular formula is C11H19N3. The molecule has 1 aromatic rings. The van der Waals surface area contributed by atoms with Crippen molar-refractivity contribution in [3.63, 3.8) is 0 Å². The van der Waals surface area contributed by atoms with Crippen molar-refractivity contribution in [2.75, 3.05) is 0 Å². The maximum Gasteiger partial charge on any atom is 0.122 e. The van der Waals surface area contributed by atoms with Crippen molar-refractivity contribution in [1.29, 1.82) is 0 Å². The molecule has 3 unspecified atom stereocenters. The molecule has 0 bridgehead atoms. The van der Waals surface area contributed by atoms with Gasteiger partial charge in [-0.25, -0.2) is 4.98 Å². The van der Waals surface area contributed by atoms with E-state index >= 15 is 0 Å². The second-order valence-corrected chi connectivity index (χ2v) is 4.38. The van der Waals surface area contributed by atoms with Crippen LogP contribution < -0.4 is 5.32 Å². The van der Waals surface area contributed by atoms with Crippen LogP contribution in [-0.4, -0.2) is 16.0 Å². The van der Waals surface area contributed by atoms with E-state index in [0.717, 1.165) is 11.7 Å². The molecular weight excluding hydrogens is 174 g/mol. The van der Waals surface area contributed by atoms with E-state index in [9.17, 15) is 0 Å². The fourth-order valence-electron chi connectivity index (χ4n) is 2.31. The third kappa shape index (κ3) is 1.98. The largest absolute Gasteiger partial charge is 0.347 e. The number of hydrogen-bond acceptors (Lipinski definition) is 2. The zero-order chi connectivity index (χ0) is 9.97. The molecule has 0 saturated heterocycles. The minimum atomic E-state index is 0.343. The van der Waals surface area contributed by atoms with Gasteiger partial charge in [0.05, 0.1) is 6.04 Å². The predicted octanol–water partition coefficient (Wildman–Crippen LogP) is 2.25.